The van der Waals surface area contributed by atoms with Crippen LogP contribution >= 0.6 is 0 Å². The van der Waals surface area contributed by atoms with Gasteiger partial charge in [0.25, 0.3) is 5.69 Å². The Morgan fingerprint density at radius 2 is 1.96 bits per heavy atom. The van der Waals surface area contributed by atoms with Crippen molar-refractivity contribution >= 4 is 27.6 Å². The summed E-state index contributed by atoms with van der Waals surface area (Å²) in [4.78, 5) is 24.4. The second kappa shape index (κ2) is 8.44. The highest BCUT2D eigenvalue weighted by Crippen LogP contribution is 2.25. The standard InChI is InChI=1S/C10H15N5O8S/c1-13(4-5-23-24(20,21)22)3-2-11-10-9(15(18)19)6-8(7-12-10)14(16)17/h6-7H,2-5H2,1H3,(H,11,12)(H,20,21,22). The van der Waals surface area contributed by atoms with Crippen molar-refractivity contribution in [2.45, 2.75) is 0 Å². The number of anilines is 1. The maximum atomic E-state index is 10.9. The van der Waals surface area contributed by atoms with Crippen LogP contribution in [0.25, 0.3) is 0 Å². The van der Waals surface area contributed by atoms with E-state index >= 15 is 0 Å². The van der Waals surface area contributed by atoms with E-state index in [1.165, 1.54) is 0 Å². The van der Waals surface area contributed by atoms with Gasteiger partial charge in [0.05, 0.1) is 36.1 Å². The highest BCUT2D eigenvalue weighted by atomic mass is 32.3. The molecule has 0 aliphatic rings. The Balaban J connectivity index is 2.55. The van der Waals surface area contributed by atoms with Gasteiger partial charge in [0.1, 0.15) is 19.3 Å². The Morgan fingerprint density at radius 1 is 1.29 bits per heavy atom. The molecule has 134 valence electrons. The van der Waals surface area contributed by atoms with E-state index in [4.69, 9.17) is 0 Å². The smallest absolute Gasteiger partial charge is 0.318 e. The van der Waals surface area contributed by atoms with E-state index in [0.717, 1.165) is 17.2 Å². The summed E-state index contributed by atoms with van der Waals surface area (Å²) in [5.74, 6) is -0.114. The van der Waals surface area contributed by atoms with Crippen molar-refractivity contribution in [1.29, 1.82) is 0 Å². The first-order valence-corrected chi connectivity index (χ1v) is 7.87. The number of hydrogen-bond donors (Lipinski definition) is 2. The van der Waals surface area contributed by atoms with Gasteiger partial charge in [0.2, 0.25) is 16.2 Å². The minimum atomic E-state index is -4.73. The number of likely N-dealkylation sites (N-methyl/N-ethyl adjacent to an activating group) is 1. The summed E-state index contributed by atoms with van der Waals surface area (Å²) in [6.45, 7) is 0.562. The predicted molar refractivity (Wildman–Crippen MR) is 78.3 cm³/mol. The Morgan fingerprint density at radius 3 is 2.50 bits per heavy atom. The van der Waals surface area contributed by atoms with Crippen LogP contribution in [0.15, 0.2) is 12.3 Å². The fourth-order valence-electron chi connectivity index (χ4n) is 1.65. The Hall–Kier alpha value is -2.42. The van der Waals surface area contributed by atoms with Crippen LogP contribution < -0.4 is 10.2 Å². The number of nitrogens with one attached hydrogen (secondary N) is 2. The highest BCUT2D eigenvalue weighted by molar-refractivity contribution is 7.80. The number of pyridine rings is 1. The van der Waals surface area contributed by atoms with Crippen molar-refractivity contribution in [3.8, 4) is 0 Å². The number of hydrogen-bond acceptors (Lipinski definition) is 10. The van der Waals surface area contributed by atoms with Crippen molar-refractivity contribution in [2.75, 3.05) is 38.6 Å². The van der Waals surface area contributed by atoms with Gasteiger partial charge in [0.15, 0.2) is 0 Å². The van der Waals surface area contributed by atoms with Gasteiger partial charge in [-0.1, -0.05) is 0 Å². The molecule has 13 nitrogen and oxygen atoms in total. The molecule has 1 unspecified atom stereocenters. The zero-order chi connectivity index (χ0) is 18.3. The lowest BCUT2D eigenvalue weighted by atomic mass is 10.3. The Labute approximate surface area is 136 Å². The molecule has 0 radical (unpaired) electrons. The number of quaternary nitrogens is 1. The fourth-order valence-corrected chi connectivity index (χ4v) is 1.94. The monoisotopic (exact) mass is 365 g/mol. The second-order valence-corrected chi connectivity index (χ2v) is 5.74. The first-order valence-electron chi connectivity index (χ1n) is 6.54. The van der Waals surface area contributed by atoms with Crippen LogP contribution in [0.1, 0.15) is 0 Å². The summed E-state index contributed by atoms with van der Waals surface area (Å²) in [6.07, 6.45) is 0.902. The molecule has 1 rings (SSSR count). The zero-order valence-corrected chi connectivity index (χ0v) is 13.3. The fraction of sp³-hybridized carbons (Fsp3) is 0.500. The molecule has 0 saturated heterocycles. The molecule has 1 aromatic rings. The van der Waals surface area contributed by atoms with Gasteiger partial charge in [-0.2, -0.15) is 0 Å². The van der Waals surface area contributed by atoms with E-state index in [9.17, 15) is 33.2 Å². The SMILES string of the molecule is C[NH+](CCNc1ncc([N+](=O)[O-])cc1[N+](=O)[O-])CCOS(=O)(=O)[O-]. The van der Waals surface area contributed by atoms with Crippen molar-refractivity contribution < 1.29 is 31.9 Å². The van der Waals surface area contributed by atoms with Gasteiger partial charge >= 0.3 is 5.69 Å². The largest absolute Gasteiger partial charge is 0.726 e. The normalized spacial score (nSPS) is 12.6. The van der Waals surface area contributed by atoms with Crippen LogP contribution in [-0.2, 0) is 14.6 Å². The van der Waals surface area contributed by atoms with Gasteiger partial charge in [-0.25, -0.2) is 13.4 Å². The van der Waals surface area contributed by atoms with E-state index in [2.05, 4.69) is 14.5 Å². The van der Waals surface area contributed by atoms with Crippen LogP contribution in [0.3, 0.4) is 0 Å². The van der Waals surface area contributed by atoms with Crippen molar-refractivity contribution in [3.05, 3.63) is 32.5 Å². The lowest BCUT2D eigenvalue weighted by Crippen LogP contribution is -3.10. The summed E-state index contributed by atoms with van der Waals surface area (Å²) in [6, 6.07) is 0.804. The molecule has 0 amide bonds. The van der Waals surface area contributed by atoms with E-state index in [-0.39, 0.29) is 25.5 Å². The molecule has 0 bridgehead atoms. The van der Waals surface area contributed by atoms with Gasteiger partial charge in [-0.15, -0.1) is 0 Å². The third-order valence-corrected chi connectivity index (χ3v) is 3.32. The summed E-state index contributed by atoms with van der Waals surface area (Å²) < 4.78 is 34.9. The molecule has 14 heteroatoms. The molecule has 1 atom stereocenters. The van der Waals surface area contributed by atoms with Crippen molar-refractivity contribution in [2.24, 2.45) is 0 Å². The quantitative estimate of drug-likeness (QED) is 0.210. The van der Waals surface area contributed by atoms with Gasteiger partial charge in [0, 0.05) is 0 Å². The van der Waals surface area contributed by atoms with Crippen molar-refractivity contribution in [3.63, 3.8) is 0 Å². The first kappa shape index (κ1) is 19.6. The van der Waals surface area contributed by atoms with E-state index < -0.39 is 31.6 Å². The van der Waals surface area contributed by atoms with Crippen LogP contribution in [0, 0.1) is 20.2 Å². The molecule has 24 heavy (non-hydrogen) atoms. The maximum absolute atomic E-state index is 10.9. The Bertz CT molecular complexity index is 709. The van der Waals surface area contributed by atoms with E-state index in [1.54, 1.807) is 7.05 Å². The third kappa shape index (κ3) is 6.78. The second-order valence-electron chi connectivity index (χ2n) is 4.69. The number of nitro groups is 2. The zero-order valence-electron chi connectivity index (χ0n) is 12.5. The molecule has 0 aliphatic carbocycles. The Kier molecular flexibility index (Phi) is 6.90. The lowest BCUT2D eigenvalue weighted by Gasteiger charge is -2.15. The van der Waals surface area contributed by atoms with Crippen LogP contribution in [0.5, 0.6) is 0 Å². The maximum Gasteiger partial charge on any atom is 0.318 e. The lowest BCUT2D eigenvalue weighted by molar-refractivity contribution is -0.877. The molecule has 2 N–H and O–H groups in total. The number of rotatable bonds is 10. The molecule has 0 aliphatic heterocycles. The average molecular weight is 365 g/mol. The summed E-state index contributed by atoms with van der Waals surface area (Å²) in [7, 11) is -3.03. The molecule has 0 spiro atoms. The van der Waals surface area contributed by atoms with Crippen LogP contribution in [-0.4, -0.2) is 61.1 Å². The summed E-state index contributed by atoms with van der Waals surface area (Å²) >= 11 is 0. The highest BCUT2D eigenvalue weighted by Gasteiger charge is 2.21. The predicted octanol–water partition coefficient (Wildman–Crippen LogP) is -1.70. The van der Waals surface area contributed by atoms with E-state index in [1.807, 2.05) is 0 Å². The molecular weight excluding hydrogens is 350 g/mol. The third-order valence-electron chi connectivity index (χ3n) is 2.86. The van der Waals surface area contributed by atoms with Gasteiger partial charge in [-0.05, 0) is 0 Å². The van der Waals surface area contributed by atoms with Crippen LogP contribution in [0.4, 0.5) is 17.2 Å². The first-order chi connectivity index (χ1) is 11.1. The summed E-state index contributed by atoms with van der Waals surface area (Å²) in [5, 5.41) is 24.2. The molecule has 0 fully saturated rings. The molecule has 0 aromatic carbocycles. The molecule has 1 aromatic heterocycles. The minimum absolute atomic E-state index is 0.114. The summed E-state index contributed by atoms with van der Waals surface area (Å²) in [5.41, 5.74) is -1.02. The topological polar surface area (TPSA) is 182 Å². The van der Waals surface area contributed by atoms with E-state index in [0.29, 0.717) is 6.54 Å². The molecular formula is C10H15N5O8S. The molecule has 1 heterocycles. The van der Waals surface area contributed by atoms with Gasteiger partial charge in [-0.3, -0.25) is 24.4 Å². The minimum Gasteiger partial charge on any atom is -0.726 e. The molecule has 0 saturated carbocycles. The van der Waals surface area contributed by atoms with Gasteiger partial charge < -0.3 is 14.8 Å². The van der Waals surface area contributed by atoms with Crippen molar-refractivity contribution in [1.82, 2.24) is 4.98 Å². The average Bonchev–Trinajstić information content (AvgIpc) is 2.45. The number of aromatic nitrogens is 1. The number of nitrogens with zero attached hydrogens (tertiary/aromatic N) is 3. The van der Waals surface area contributed by atoms with Crippen LogP contribution in [0.2, 0.25) is 0 Å².